The summed E-state index contributed by atoms with van der Waals surface area (Å²) in [6, 6.07) is -0.0286. The van der Waals surface area contributed by atoms with Crippen LogP contribution in [-0.2, 0) is 15.6 Å². The molecule has 1 aliphatic heterocycles. The van der Waals surface area contributed by atoms with Crippen molar-refractivity contribution in [3.8, 4) is 0 Å². The van der Waals surface area contributed by atoms with E-state index in [1.54, 1.807) is 6.26 Å². The van der Waals surface area contributed by atoms with Crippen LogP contribution in [0, 0.1) is 11.3 Å². The number of carbonyl (C=O) groups excluding carboxylic acids is 1. The van der Waals surface area contributed by atoms with Crippen LogP contribution in [0.15, 0.2) is 0 Å². The zero-order valence-electron chi connectivity index (χ0n) is 11.9. The quantitative estimate of drug-likeness (QED) is 0.783. The molecule has 0 aromatic heterocycles. The molecule has 5 heteroatoms. The van der Waals surface area contributed by atoms with E-state index in [1.807, 2.05) is 20.8 Å². The van der Waals surface area contributed by atoms with Crippen LogP contribution in [0.1, 0.15) is 33.6 Å². The minimum atomic E-state index is -0.871. The fourth-order valence-corrected chi connectivity index (χ4v) is 3.24. The van der Waals surface area contributed by atoms with Gasteiger partial charge in [-0.15, -0.1) is 0 Å². The van der Waals surface area contributed by atoms with E-state index >= 15 is 0 Å². The van der Waals surface area contributed by atoms with Crippen molar-refractivity contribution in [2.75, 3.05) is 25.1 Å². The summed E-state index contributed by atoms with van der Waals surface area (Å²) in [5.74, 6) is 0.977. The van der Waals surface area contributed by atoms with Gasteiger partial charge < -0.3 is 10.6 Å². The van der Waals surface area contributed by atoms with Crippen LogP contribution in [0.25, 0.3) is 0 Å². The van der Waals surface area contributed by atoms with Crippen LogP contribution in [0.5, 0.6) is 0 Å². The number of carbonyl (C=O) groups is 1. The molecule has 0 aromatic rings. The molecule has 0 aromatic carbocycles. The van der Waals surface area contributed by atoms with Gasteiger partial charge in [0.1, 0.15) is 0 Å². The predicted molar refractivity (Wildman–Crippen MR) is 75.9 cm³/mol. The molecule has 0 spiro atoms. The van der Waals surface area contributed by atoms with Crippen molar-refractivity contribution in [1.82, 2.24) is 10.6 Å². The normalized spacial score (nSPS) is 24.3. The number of hydrogen-bond donors (Lipinski definition) is 2. The minimum Gasteiger partial charge on any atom is -0.352 e. The third-order valence-electron chi connectivity index (χ3n) is 3.76. The highest BCUT2D eigenvalue weighted by Gasteiger charge is 2.37. The first kappa shape index (κ1) is 15.6. The summed E-state index contributed by atoms with van der Waals surface area (Å²) in [6.45, 7) is 7.90. The highest BCUT2D eigenvalue weighted by atomic mass is 32.2. The van der Waals surface area contributed by atoms with E-state index in [0.717, 1.165) is 25.9 Å². The molecule has 0 aliphatic carbocycles. The number of hydrogen-bond acceptors (Lipinski definition) is 3. The van der Waals surface area contributed by atoms with Gasteiger partial charge in [0, 0.05) is 34.3 Å². The second kappa shape index (κ2) is 6.66. The van der Waals surface area contributed by atoms with E-state index in [9.17, 15) is 9.00 Å². The fraction of sp³-hybridized carbons (Fsp3) is 0.923. The van der Waals surface area contributed by atoms with Gasteiger partial charge in [0.2, 0.25) is 5.91 Å². The largest absolute Gasteiger partial charge is 0.352 e. The monoisotopic (exact) mass is 274 g/mol. The summed E-state index contributed by atoms with van der Waals surface area (Å²) in [7, 11) is -0.871. The van der Waals surface area contributed by atoms with Crippen molar-refractivity contribution in [3.63, 3.8) is 0 Å². The first-order valence-corrected chi connectivity index (χ1v) is 8.38. The molecule has 0 bridgehead atoms. The van der Waals surface area contributed by atoms with Crippen LogP contribution in [-0.4, -0.2) is 41.3 Å². The number of rotatable bonds is 5. The van der Waals surface area contributed by atoms with Gasteiger partial charge in [-0.2, -0.15) is 0 Å². The van der Waals surface area contributed by atoms with E-state index in [0.29, 0.717) is 11.7 Å². The van der Waals surface area contributed by atoms with E-state index in [4.69, 9.17) is 0 Å². The highest BCUT2D eigenvalue weighted by molar-refractivity contribution is 7.84. The maximum Gasteiger partial charge on any atom is 0.226 e. The molecule has 18 heavy (non-hydrogen) atoms. The summed E-state index contributed by atoms with van der Waals surface area (Å²) < 4.78 is 11.1. The lowest BCUT2D eigenvalue weighted by Crippen LogP contribution is -2.50. The Morgan fingerprint density at radius 3 is 2.72 bits per heavy atom. The molecule has 106 valence electrons. The molecule has 1 amide bonds. The summed E-state index contributed by atoms with van der Waals surface area (Å²) in [5, 5.41) is 6.34. The van der Waals surface area contributed by atoms with Crippen LogP contribution >= 0.6 is 0 Å². The smallest absolute Gasteiger partial charge is 0.226 e. The van der Waals surface area contributed by atoms with Crippen molar-refractivity contribution in [1.29, 1.82) is 0 Å². The van der Waals surface area contributed by atoms with E-state index < -0.39 is 10.8 Å². The zero-order valence-corrected chi connectivity index (χ0v) is 12.7. The second-order valence-corrected chi connectivity index (χ2v) is 7.36. The molecule has 1 fully saturated rings. The van der Waals surface area contributed by atoms with Crippen LogP contribution in [0.3, 0.4) is 0 Å². The Morgan fingerprint density at radius 2 is 2.22 bits per heavy atom. The second-order valence-electron chi connectivity index (χ2n) is 5.88. The van der Waals surface area contributed by atoms with Gasteiger partial charge in [0.15, 0.2) is 0 Å². The molecule has 1 saturated heterocycles. The maximum atomic E-state index is 12.3. The third-order valence-corrected chi connectivity index (χ3v) is 4.73. The van der Waals surface area contributed by atoms with Crippen LogP contribution < -0.4 is 10.6 Å². The van der Waals surface area contributed by atoms with Crippen molar-refractivity contribution in [3.05, 3.63) is 0 Å². The van der Waals surface area contributed by atoms with Crippen molar-refractivity contribution in [2.45, 2.75) is 39.7 Å². The van der Waals surface area contributed by atoms with Gasteiger partial charge in [0.25, 0.3) is 0 Å². The summed E-state index contributed by atoms with van der Waals surface area (Å²) in [5.41, 5.74) is -0.364. The molecule has 1 rings (SSSR count). The molecular formula is C13H26N2O2S. The van der Waals surface area contributed by atoms with E-state index in [-0.39, 0.29) is 17.4 Å². The van der Waals surface area contributed by atoms with Gasteiger partial charge in [-0.1, -0.05) is 13.8 Å². The van der Waals surface area contributed by atoms with Crippen LogP contribution in [0.2, 0.25) is 0 Å². The fourth-order valence-electron chi connectivity index (χ4n) is 2.46. The summed E-state index contributed by atoms with van der Waals surface area (Å²) in [4.78, 5) is 12.3. The van der Waals surface area contributed by atoms with Gasteiger partial charge in [0.05, 0.1) is 0 Å². The van der Waals surface area contributed by atoms with Gasteiger partial charge in [-0.05, 0) is 38.8 Å². The first-order chi connectivity index (χ1) is 8.34. The highest BCUT2D eigenvalue weighted by Crippen LogP contribution is 2.31. The average molecular weight is 274 g/mol. The van der Waals surface area contributed by atoms with Gasteiger partial charge in [-0.25, -0.2) is 0 Å². The Bertz CT molecular complexity index is 312. The maximum absolute atomic E-state index is 12.3. The Labute approximate surface area is 113 Å². The Balaban J connectivity index is 2.54. The molecule has 3 unspecified atom stereocenters. The Kier molecular flexibility index (Phi) is 5.79. The summed E-state index contributed by atoms with van der Waals surface area (Å²) in [6.07, 6.45) is 3.90. The molecule has 0 saturated carbocycles. The molecule has 1 heterocycles. The van der Waals surface area contributed by atoms with Crippen molar-refractivity contribution < 1.29 is 9.00 Å². The van der Waals surface area contributed by atoms with Crippen molar-refractivity contribution >= 4 is 16.7 Å². The van der Waals surface area contributed by atoms with Crippen molar-refractivity contribution in [2.24, 2.45) is 11.3 Å². The SMILES string of the molecule is CC(CS(C)=O)NC(=O)C(C)(C)C1CCCNC1. The molecular weight excluding hydrogens is 248 g/mol. The molecule has 2 N–H and O–H groups in total. The average Bonchev–Trinajstić information content (AvgIpc) is 2.28. The minimum absolute atomic E-state index is 0.0286. The third kappa shape index (κ3) is 4.35. The van der Waals surface area contributed by atoms with E-state index in [2.05, 4.69) is 10.6 Å². The lowest BCUT2D eigenvalue weighted by atomic mass is 9.74. The molecule has 4 nitrogen and oxygen atoms in total. The van der Waals surface area contributed by atoms with E-state index in [1.165, 1.54) is 0 Å². The van der Waals surface area contributed by atoms with Gasteiger partial charge in [-0.3, -0.25) is 9.00 Å². The number of amides is 1. The topological polar surface area (TPSA) is 58.2 Å². The molecule has 0 radical (unpaired) electrons. The Morgan fingerprint density at radius 1 is 1.56 bits per heavy atom. The number of piperidine rings is 1. The summed E-state index contributed by atoms with van der Waals surface area (Å²) >= 11 is 0. The standard InChI is InChI=1S/C13H26N2O2S/c1-10(9-18(4)17)15-12(16)13(2,3)11-6-5-7-14-8-11/h10-11,14H,5-9H2,1-4H3,(H,15,16). The van der Waals surface area contributed by atoms with Crippen LogP contribution in [0.4, 0.5) is 0 Å². The Hall–Kier alpha value is -0.420. The predicted octanol–water partition coefficient (Wildman–Crippen LogP) is 0.895. The molecule has 3 atom stereocenters. The lowest BCUT2D eigenvalue weighted by molar-refractivity contribution is -0.133. The van der Waals surface area contributed by atoms with Gasteiger partial charge >= 0.3 is 0 Å². The number of nitrogens with one attached hydrogen (secondary N) is 2. The zero-order chi connectivity index (χ0) is 13.8. The first-order valence-electron chi connectivity index (χ1n) is 6.65. The molecule has 1 aliphatic rings. The lowest BCUT2D eigenvalue weighted by Gasteiger charge is -2.36.